The highest BCUT2D eigenvalue weighted by molar-refractivity contribution is 5.91. The molecule has 0 radical (unpaired) electrons. The van der Waals surface area contributed by atoms with E-state index in [0.717, 1.165) is 11.3 Å². The standard InChI is InChI=1S/C18H21N/c1-18(2,3)16(14-10-6-4-7-11-14)17(19)15-12-8-5-9-13-15/h4-13H,19H2,1-3H3. The first-order chi connectivity index (χ1) is 9.00. The summed E-state index contributed by atoms with van der Waals surface area (Å²) in [4.78, 5) is 0. The molecule has 0 spiro atoms. The van der Waals surface area contributed by atoms with Crippen LogP contribution in [0, 0.1) is 5.41 Å². The van der Waals surface area contributed by atoms with Crippen LogP contribution in [0.25, 0.3) is 11.3 Å². The van der Waals surface area contributed by atoms with Gasteiger partial charge in [0.05, 0.1) is 0 Å². The van der Waals surface area contributed by atoms with Crippen LogP contribution in [0.3, 0.4) is 0 Å². The van der Waals surface area contributed by atoms with Crippen molar-refractivity contribution >= 4 is 11.3 Å². The zero-order valence-corrected chi connectivity index (χ0v) is 11.9. The molecule has 2 N–H and O–H groups in total. The summed E-state index contributed by atoms with van der Waals surface area (Å²) in [6, 6.07) is 20.6. The molecule has 1 nitrogen and oxygen atoms in total. The molecule has 0 saturated carbocycles. The number of hydrogen-bond acceptors (Lipinski definition) is 1. The Morgan fingerprint density at radius 3 is 1.58 bits per heavy atom. The molecule has 0 heterocycles. The van der Waals surface area contributed by atoms with E-state index >= 15 is 0 Å². The second kappa shape index (κ2) is 5.31. The fraction of sp³-hybridized carbons (Fsp3) is 0.222. The molecule has 0 aromatic heterocycles. The normalized spacial score (nSPS) is 13.0. The Balaban J connectivity index is 2.63. The van der Waals surface area contributed by atoms with Crippen LogP contribution in [0.5, 0.6) is 0 Å². The van der Waals surface area contributed by atoms with Crippen molar-refractivity contribution in [2.24, 2.45) is 11.1 Å². The van der Waals surface area contributed by atoms with E-state index in [-0.39, 0.29) is 5.41 Å². The molecule has 19 heavy (non-hydrogen) atoms. The molecule has 0 atom stereocenters. The predicted molar refractivity (Wildman–Crippen MR) is 83.3 cm³/mol. The van der Waals surface area contributed by atoms with Gasteiger partial charge in [-0.3, -0.25) is 0 Å². The SMILES string of the molecule is CC(C)(C)C(=C(N)c1ccccc1)c1ccccc1. The van der Waals surface area contributed by atoms with Gasteiger partial charge in [0.1, 0.15) is 0 Å². The van der Waals surface area contributed by atoms with E-state index in [1.54, 1.807) is 0 Å². The number of hydrogen-bond donors (Lipinski definition) is 1. The topological polar surface area (TPSA) is 26.0 Å². The van der Waals surface area contributed by atoms with Gasteiger partial charge in [-0.05, 0) is 22.1 Å². The molecular formula is C18H21N. The highest BCUT2D eigenvalue weighted by atomic mass is 14.6. The smallest absolute Gasteiger partial charge is 0.0431 e. The van der Waals surface area contributed by atoms with Gasteiger partial charge in [-0.25, -0.2) is 0 Å². The molecule has 0 aliphatic rings. The summed E-state index contributed by atoms with van der Waals surface area (Å²) in [5.41, 5.74) is 10.8. The third-order valence-electron chi connectivity index (χ3n) is 3.17. The van der Waals surface area contributed by atoms with Gasteiger partial charge in [-0.2, -0.15) is 0 Å². The van der Waals surface area contributed by atoms with Gasteiger partial charge >= 0.3 is 0 Å². The number of allylic oxidation sites excluding steroid dienone is 1. The van der Waals surface area contributed by atoms with E-state index in [1.165, 1.54) is 11.1 Å². The minimum atomic E-state index is 0.00127. The Kier molecular flexibility index (Phi) is 3.75. The quantitative estimate of drug-likeness (QED) is 0.778. The van der Waals surface area contributed by atoms with E-state index in [4.69, 9.17) is 5.73 Å². The maximum absolute atomic E-state index is 6.44. The van der Waals surface area contributed by atoms with Gasteiger partial charge in [0.15, 0.2) is 0 Å². The Hall–Kier alpha value is -2.02. The fourth-order valence-electron chi connectivity index (χ4n) is 2.36. The van der Waals surface area contributed by atoms with Crippen molar-refractivity contribution < 1.29 is 0 Å². The maximum Gasteiger partial charge on any atom is 0.0431 e. The van der Waals surface area contributed by atoms with E-state index < -0.39 is 0 Å². The molecule has 0 aliphatic carbocycles. The lowest BCUT2D eigenvalue weighted by molar-refractivity contribution is 0.567. The zero-order chi connectivity index (χ0) is 13.9. The molecule has 0 unspecified atom stereocenters. The van der Waals surface area contributed by atoms with Crippen LogP contribution in [0.1, 0.15) is 31.9 Å². The van der Waals surface area contributed by atoms with E-state index in [2.05, 4.69) is 57.2 Å². The lowest BCUT2D eigenvalue weighted by Crippen LogP contribution is -2.14. The molecule has 0 saturated heterocycles. The fourth-order valence-corrected chi connectivity index (χ4v) is 2.36. The number of rotatable bonds is 2. The Morgan fingerprint density at radius 1 is 0.737 bits per heavy atom. The molecular weight excluding hydrogens is 230 g/mol. The highest BCUT2D eigenvalue weighted by Gasteiger charge is 2.22. The molecule has 2 aromatic carbocycles. The zero-order valence-electron chi connectivity index (χ0n) is 11.9. The largest absolute Gasteiger partial charge is 0.398 e. The minimum absolute atomic E-state index is 0.00127. The van der Waals surface area contributed by atoms with Crippen molar-refractivity contribution in [3.05, 3.63) is 71.8 Å². The van der Waals surface area contributed by atoms with Crippen LogP contribution in [-0.4, -0.2) is 0 Å². The third-order valence-corrected chi connectivity index (χ3v) is 3.17. The molecule has 1 heteroatoms. The van der Waals surface area contributed by atoms with Crippen molar-refractivity contribution in [2.75, 3.05) is 0 Å². The van der Waals surface area contributed by atoms with Gasteiger partial charge in [0.2, 0.25) is 0 Å². The summed E-state index contributed by atoms with van der Waals surface area (Å²) in [5, 5.41) is 0. The molecule has 2 rings (SSSR count). The second-order valence-corrected chi connectivity index (χ2v) is 5.77. The average Bonchev–Trinajstić information content (AvgIpc) is 2.39. The van der Waals surface area contributed by atoms with Gasteiger partial charge in [0, 0.05) is 5.70 Å². The molecule has 0 aliphatic heterocycles. The van der Waals surface area contributed by atoms with E-state index in [0.29, 0.717) is 0 Å². The summed E-state index contributed by atoms with van der Waals surface area (Å²) in [7, 11) is 0. The first-order valence-corrected chi connectivity index (χ1v) is 6.61. The van der Waals surface area contributed by atoms with Crippen LogP contribution in [0.2, 0.25) is 0 Å². The van der Waals surface area contributed by atoms with Crippen LogP contribution in [-0.2, 0) is 0 Å². The second-order valence-electron chi connectivity index (χ2n) is 5.77. The molecule has 0 bridgehead atoms. The first-order valence-electron chi connectivity index (χ1n) is 6.61. The maximum atomic E-state index is 6.44. The van der Waals surface area contributed by atoms with E-state index in [1.807, 2.05) is 24.3 Å². The summed E-state index contributed by atoms with van der Waals surface area (Å²) in [5.74, 6) is 0. The molecule has 2 aromatic rings. The lowest BCUT2D eigenvalue weighted by atomic mass is 9.80. The summed E-state index contributed by atoms with van der Waals surface area (Å²) in [6.07, 6.45) is 0. The van der Waals surface area contributed by atoms with Gasteiger partial charge < -0.3 is 5.73 Å². The summed E-state index contributed by atoms with van der Waals surface area (Å²) >= 11 is 0. The summed E-state index contributed by atoms with van der Waals surface area (Å²) in [6.45, 7) is 6.60. The van der Waals surface area contributed by atoms with Gasteiger partial charge in [-0.15, -0.1) is 0 Å². The van der Waals surface area contributed by atoms with Gasteiger partial charge in [-0.1, -0.05) is 81.4 Å². The van der Waals surface area contributed by atoms with Crippen molar-refractivity contribution in [1.82, 2.24) is 0 Å². The van der Waals surface area contributed by atoms with Crippen LogP contribution in [0.4, 0.5) is 0 Å². The predicted octanol–water partition coefficient (Wildman–Crippen LogP) is 4.56. The summed E-state index contributed by atoms with van der Waals surface area (Å²) < 4.78 is 0. The number of nitrogens with two attached hydrogens (primary N) is 1. The van der Waals surface area contributed by atoms with Gasteiger partial charge in [0.25, 0.3) is 0 Å². The number of benzene rings is 2. The average molecular weight is 251 g/mol. The molecule has 0 amide bonds. The first kappa shape index (κ1) is 13.4. The van der Waals surface area contributed by atoms with Crippen molar-refractivity contribution in [3.8, 4) is 0 Å². The van der Waals surface area contributed by atoms with Crippen molar-refractivity contribution in [1.29, 1.82) is 0 Å². The minimum Gasteiger partial charge on any atom is -0.398 e. The Bertz CT molecular complexity index is 560. The molecule has 0 fully saturated rings. The Labute approximate surface area is 115 Å². The Morgan fingerprint density at radius 2 is 1.16 bits per heavy atom. The monoisotopic (exact) mass is 251 g/mol. The third kappa shape index (κ3) is 3.05. The van der Waals surface area contributed by atoms with Crippen LogP contribution < -0.4 is 5.73 Å². The lowest BCUT2D eigenvalue weighted by Gasteiger charge is -2.26. The van der Waals surface area contributed by atoms with E-state index in [9.17, 15) is 0 Å². The van der Waals surface area contributed by atoms with Crippen LogP contribution >= 0.6 is 0 Å². The molecule has 98 valence electrons. The van der Waals surface area contributed by atoms with Crippen molar-refractivity contribution in [3.63, 3.8) is 0 Å². The van der Waals surface area contributed by atoms with Crippen LogP contribution in [0.15, 0.2) is 60.7 Å². The van der Waals surface area contributed by atoms with Crippen molar-refractivity contribution in [2.45, 2.75) is 20.8 Å². The highest BCUT2D eigenvalue weighted by Crippen LogP contribution is 2.37.